The quantitative estimate of drug-likeness (QED) is 0.176. The number of amides is 6. The number of nitrogens with one attached hydrogen (secondary N) is 2. The van der Waals surface area contributed by atoms with Crippen molar-refractivity contribution in [1.29, 1.82) is 0 Å². The molecule has 3 aliphatic heterocycles. The number of aromatic hydroxyl groups is 1. The maximum Gasteiger partial charge on any atom is 0.246 e. The number of carbonyl (C=O) groups excluding carboxylic acids is 7. The number of nitrogens with zero attached hydrogens (tertiary/aromatic N) is 5. The zero-order valence-electron chi connectivity index (χ0n) is 40.7. The highest BCUT2D eigenvalue weighted by Gasteiger charge is 2.45. The number of thioether (sulfide) groups is 1. The van der Waals surface area contributed by atoms with Crippen molar-refractivity contribution in [1.82, 2.24) is 30.2 Å². The van der Waals surface area contributed by atoms with Crippen molar-refractivity contribution >= 4 is 74.0 Å². The second-order valence-electron chi connectivity index (χ2n) is 19.9. The molecule has 3 aliphatic rings. The van der Waals surface area contributed by atoms with Crippen LogP contribution in [0.2, 0.25) is 0 Å². The van der Waals surface area contributed by atoms with E-state index in [4.69, 9.17) is 4.99 Å². The van der Waals surface area contributed by atoms with E-state index < -0.39 is 65.4 Å². The van der Waals surface area contributed by atoms with Crippen LogP contribution < -0.4 is 10.6 Å². The summed E-state index contributed by atoms with van der Waals surface area (Å²) >= 11 is 4.76. The van der Waals surface area contributed by atoms with E-state index >= 15 is 0 Å². The van der Waals surface area contributed by atoms with E-state index in [1.165, 1.54) is 27.6 Å². The first kappa shape index (κ1) is 53.2. The van der Waals surface area contributed by atoms with Gasteiger partial charge in [-0.2, -0.15) is 0 Å². The van der Waals surface area contributed by atoms with Crippen LogP contribution in [0.4, 0.5) is 0 Å². The van der Waals surface area contributed by atoms with Gasteiger partial charge in [0.2, 0.25) is 35.4 Å². The molecular weight excluding hydrogens is 939 g/mol. The van der Waals surface area contributed by atoms with Crippen molar-refractivity contribution in [3.63, 3.8) is 0 Å². The first-order valence-electron chi connectivity index (χ1n) is 23.5. The fourth-order valence-corrected chi connectivity index (χ4v) is 10.6. The summed E-state index contributed by atoms with van der Waals surface area (Å²) in [7, 11) is 3.15. The lowest BCUT2D eigenvalue weighted by molar-refractivity contribution is -0.148. The molecule has 3 heterocycles. The summed E-state index contributed by atoms with van der Waals surface area (Å²) < 4.78 is 0.439. The van der Waals surface area contributed by atoms with E-state index in [1.807, 2.05) is 51.1 Å². The van der Waals surface area contributed by atoms with Crippen molar-refractivity contribution in [2.24, 2.45) is 22.2 Å². The predicted octanol–water partition coefficient (Wildman–Crippen LogP) is 5.40. The van der Waals surface area contributed by atoms with E-state index in [-0.39, 0.29) is 59.7 Å². The highest BCUT2D eigenvalue weighted by molar-refractivity contribution is 9.10. The van der Waals surface area contributed by atoms with Crippen LogP contribution >= 0.6 is 27.7 Å². The highest BCUT2D eigenvalue weighted by atomic mass is 79.9. The highest BCUT2D eigenvalue weighted by Crippen LogP contribution is 2.34. The number of phenols is 1. The minimum atomic E-state index is -0.988. The van der Waals surface area contributed by atoms with E-state index in [1.54, 1.807) is 70.6 Å². The van der Waals surface area contributed by atoms with Crippen LogP contribution in [0.3, 0.4) is 0 Å². The van der Waals surface area contributed by atoms with E-state index in [0.29, 0.717) is 60.3 Å². The molecule has 0 radical (unpaired) electrons. The number of benzene rings is 2. The smallest absolute Gasteiger partial charge is 0.246 e. The zero-order chi connectivity index (χ0) is 49.5. The lowest BCUT2D eigenvalue weighted by atomic mass is 9.95. The summed E-state index contributed by atoms with van der Waals surface area (Å²) in [6.45, 7) is 15.4. The molecule has 17 heteroatoms. The Labute approximate surface area is 408 Å². The minimum Gasteiger partial charge on any atom is -0.507 e. The van der Waals surface area contributed by atoms with Crippen molar-refractivity contribution in [3.8, 4) is 5.75 Å². The molecule has 0 bridgehead atoms. The molecule has 5 rings (SSSR count). The number of likely N-dealkylation sites (N-methyl/N-ethyl adjacent to an activating group) is 2. The first-order valence-corrected chi connectivity index (χ1v) is 25.3. The summed E-state index contributed by atoms with van der Waals surface area (Å²) in [5, 5.41) is 16.6. The van der Waals surface area contributed by atoms with Crippen LogP contribution in [0, 0.1) is 17.3 Å². The topological polar surface area (TPSA) is 189 Å². The zero-order valence-corrected chi connectivity index (χ0v) is 43.1. The maximum absolute atomic E-state index is 14.9. The molecule has 0 aromatic heterocycles. The molecular formula is C50H70BrN7O8S. The van der Waals surface area contributed by atoms with Gasteiger partial charge in [-0.3, -0.25) is 38.6 Å². The Morgan fingerprint density at radius 3 is 2.13 bits per heavy atom. The largest absolute Gasteiger partial charge is 0.507 e. The molecule has 0 saturated carbocycles. The van der Waals surface area contributed by atoms with Gasteiger partial charge in [-0.25, -0.2) is 0 Å². The molecule has 6 amide bonds. The van der Waals surface area contributed by atoms with Gasteiger partial charge >= 0.3 is 0 Å². The molecule has 0 spiro atoms. The number of hydrogen-bond donors (Lipinski definition) is 3. The van der Waals surface area contributed by atoms with Crippen LogP contribution in [-0.4, -0.2) is 146 Å². The van der Waals surface area contributed by atoms with E-state index in [2.05, 4.69) is 26.6 Å². The van der Waals surface area contributed by atoms with Crippen LogP contribution in [0.1, 0.15) is 98.6 Å². The Kier molecular flexibility index (Phi) is 18.3. The summed E-state index contributed by atoms with van der Waals surface area (Å²) in [6.07, 6.45) is 2.84. The molecule has 366 valence electrons. The third-order valence-corrected chi connectivity index (χ3v) is 14.7. The van der Waals surface area contributed by atoms with Crippen LogP contribution in [-0.2, 0) is 46.4 Å². The molecule has 2 aromatic carbocycles. The fourth-order valence-electron chi connectivity index (χ4n) is 9.03. The second-order valence-corrected chi connectivity index (χ2v) is 21.8. The minimum absolute atomic E-state index is 0.00475. The van der Waals surface area contributed by atoms with Gasteiger partial charge in [-0.1, -0.05) is 84.9 Å². The van der Waals surface area contributed by atoms with Crippen LogP contribution in [0.5, 0.6) is 5.75 Å². The van der Waals surface area contributed by atoms with Gasteiger partial charge in [0.15, 0.2) is 5.78 Å². The molecule has 0 aliphatic carbocycles. The van der Waals surface area contributed by atoms with Crippen LogP contribution in [0.15, 0.2) is 58.0 Å². The van der Waals surface area contributed by atoms with Gasteiger partial charge in [-0.05, 0) is 83.6 Å². The Morgan fingerprint density at radius 1 is 0.896 bits per heavy atom. The van der Waals surface area contributed by atoms with E-state index in [0.717, 1.165) is 5.56 Å². The van der Waals surface area contributed by atoms with Crippen LogP contribution in [0.25, 0.3) is 0 Å². The Bertz CT molecular complexity index is 2180. The predicted molar refractivity (Wildman–Crippen MR) is 264 cm³/mol. The number of hydrogen-bond acceptors (Lipinski definition) is 10. The third kappa shape index (κ3) is 13.3. The molecule has 15 nitrogen and oxygen atoms in total. The monoisotopic (exact) mass is 1010 g/mol. The van der Waals surface area contributed by atoms with Gasteiger partial charge < -0.3 is 35.3 Å². The summed E-state index contributed by atoms with van der Waals surface area (Å²) in [6, 6.07) is 8.73. The first-order chi connectivity index (χ1) is 31.5. The number of halogens is 1. The molecule has 2 saturated heterocycles. The number of likely N-dealkylation sites (tertiary alicyclic amines) is 2. The number of ketones is 1. The SMILES string of the molecule is CCC(=O)[C@@H]1CCCN1C(=O)[C@H](Cc1ccccc1)N(C)C(=O)[C@@H](CC(C)C)NC(=O)[C@@H]1CSC([C@@H]2C[C@H](C)CN2C(=O)[C@@H](Cc2ccc(O)c(Br)c2)N(C)C(=O)[C@H](C)NC(=O)C(C)(C)C)=N1. The Hall–Kier alpha value is -4.77. The van der Waals surface area contributed by atoms with Crippen molar-refractivity contribution < 1.29 is 38.7 Å². The number of carbonyl (C=O) groups is 7. The standard InChI is InChI=1S/C50H70BrN7O8S/c1-11-41(59)37-18-15-21-57(37)47(64)39(25-32-16-13-12-14-17-32)56(10)46(63)35(22-29(2)3)53-43(61)36-28-67-44(54-36)38-23-30(4)27-58(38)48(65)40(26-33-19-20-42(60)34(51)24-33)55(9)45(62)31(5)52-49(66)50(6,7)8/h12-14,16-17,19-20,24,29-31,35-40,60H,11,15,18,21-23,25-28H2,1-10H3,(H,52,66)(H,53,61)/t30-,31-,35+,36-,37-,38-,39-,40+/m0/s1. The second kappa shape index (κ2) is 23.0. The molecule has 67 heavy (non-hydrogen) atoms. The van der Waals surface area contributed by atoms with Crippen molar-refractivity contribution in [2.75, 3.05) is 32.9 Å². The van der Waals surface area contributed by atoms with Gasteiger partial charge in [0.1, 0.15) is 36.0 Å². The lowest BCUT2D eigenvalue weighted by Gasteiger charge is -2.35. The maximum atomic E-state index is 14.9. The summed E-state index contributed by atoms with van der Waals surface area (Å²) in [5.74, 6) is -1.81. The van der Waals surface area contributed by atoms with Gasteiger partial charge in [-0.15, -0.1) is 11.8 Å². The fraction of sp³-hybridized carbons (Fsp3) is 0.600. The number of aliphatic imine (C=N–C) groups is 1. The molecule has 0 unspecified atom stereocenters. The van der Waals surface area contributed by atoms with Gasteiger partial charge in [0.05, 0.1) is 21.6 Å². The normalized spacial score (nSPS) is 21.3. The number of phenolic OH excluding ortho intramolecular Hbond substituents is 1. The Balaban J connectivity index is 1.37. The van der Waals surface area contributed by atoms with Gasteiger partial charge in [0, 0.05) is 57.6 Å². The molecule has 8 atom stereocenters. The molecule has 3 N–H and O–H groups in total. The van der Waals surface area contributed by atoms with Crippen molar-refractivity contribution in [3.05, 3.63) is 64.1 Å². The molecule has 2 aromatic rings. The Morgan fingerprint density at radius 2 is 1.52 bits per heavy atom. The molecule has 2 fully saturated rings. The average molecular weight is 1010 g/mol. The van der Waals surface area contributed by atoms with Crippen molar-refractivity contribution in [2.45, 2.75) is 143 Å². The number of Topliss-reactive ketones (excluding diaryl/α,β-unsaturated/α-hetero) is 1. The lowest BCUT2D eigenvalue weighted by Crippen LogP contribution is -2.57. The summed E-state index contributed by atoms with van der Waals surface area (Å²) in [5.41, 5.74) is 0.815. The van der Waals surface area contributed by atoms with E-state index in [9.17, 15) is 38.7 Å². The van der Waals surface area contributed by atoms with Gasteiger partial charge in [0.25, 0.3) is 0 Å². The number of rotatable bonds is 18. The third-order valence-electron chi connectivity index (χ3n) is 12.9. The summed E-state index contributed by atoms with van der Waals surface area (Å²) in [4.78, 5) is 109. The average Bonchev–Trinajstić information content (AvgIpc) is 4.07.